The fraction of sp³-hybridized carbons (Fsp3) is 0. The van der Waals surface area contributed by atoms with Gasteiger partial charge in [0.1, 0.15) is 11.6 Å². The number of hydrogen-bond acceptors (Lipinski definition) is 8. The van der Waals surface area contributed by atoms with Gasteiger partial charge in [0.2, 0.25) is 0 Å². The van der Waals surface area contributed by atoms with Gasteiger partial charge in [-0.1, -0.05) is 24.3 Å². The number of rotatable bonds is 6. The Morgan fingerprint density at radius 2 is 1.00 bits per heavy atom. The van der Waals surface area contributed by atoms with E-state index in [1.165, 1.54) is 61.5 Å². The number of aromatic nitrogens is 2. The van der Waals surface area contributed by atoms with Crippen molar-refractivity contribution in [2.45, 2.75) is 0 Å². The molecule has 0 aliphatic carbocycles. The zero-order valence-corrected chi connectivity index (χ0v) is 20.0. The largest absolute Gasteiger partial charge is 2.00 e. The zero-order chi connectivity index (χ0) is 25.6. The third-order valence-electron chi connectivity index (χ3n) is 4.26. The van der Waals surface area contributed by atoms with Crippen LogP contribution in [-0.4, -0.2) is 34.2 Å². The van der Waals surface area contributed by atoms with Crippen molar-refractivity contribution in [2.24, 2.45) is 20.4 Å². The molecule has 0 unspecified atom stereocenters. The van der Waals surface area contributed by atoms with Gasteiger partial charge >= 0.3 is 16.5 Å². The fourth-order valence-electron chi connectivity index (χ4n) is 2.57. The van der Waals surface area contributed by atoms with E-state index in [0.717, 1.165) is 0 Å². The molecule has 11 heteroatoms. The Bertz CT molecular complexity index is 1280. The van der Waals surface area contributed by atoms with Crippen molar-refractivity contribution in [3.63, 3.8) is 0 Å². The number of nitrogens with zero attached hydrogens (tertiary/aromatic N) is 6. The molecule has 8 nitrogen and oxygen atoms in total. The van der Waals surface area contributed by atoms with Gasteiger partial charge in [-0.3, -0.25) is 9.97 Å². The molecule has 0 amide bonds. The minimum atomic E-state index is -0.468. The van der Waals surface area contributed by atoms with Gasteiger partial charge in [-0.15, -0.1) is 0 Å². The first-order valence-corrected chi connectivity index (χ1v) is 10.4. The molecule has 0 bridgehead atoms. The third kappa shape index (κ3) is 10.3. The SMILES string of the molecule is [Ni+2].[O-]/C(=N\N=C/c1cccc(F)c1)c1ccncc1.[O-]/C(=N\N=C\c1cccc(F)c1)c1ccncc1. The Balaban J connectivity index is 0.000000253. The predicted octanol–water partition coefficient (Wildman–Crippen LogP) is 2.72. The van der Waals surface area contributed by atoms with Gasteiger partial charge in [-0.25, -0.2) is 8.78 Å². The normalized spacial score (nSPS) is 11.6. The summed E-state index contributed by atoms with van der Waals surface area (Å²) in [5.41, 5.74) is 1.89. The summed E-state index contributed by atoms with van der Waals surface area (Å²) in [5, 5.41) is 37.3. The summed E-state index contributed by atoms with van der Waals surface area (Å²) < 4.78 is 25.7. The summed E-state index contributed by atoms with van der Waals surface area (Å²) in [7, 11) is 0. The molecule has 0 fully saturated rings. The second kappa shape index (κ2) is 15.4. The standard InChI is InChI=1S/2C13H10FN3O.Ni/c2*14-12-3-1-2-10(8-12)9-16-17-13(18)11-4-6-15-7-5-11;/h2*1-9H,(H,17,18);/q;;+2/p-2/b16-9+;16-9-;. The van der Waals surface area contributed by atoms with Crippen LogP contribution in [-0.2, 0) is 16.5 Å². The molecule has 188 valence electrons. The first-order valence-electron chi connectivity index (χ1n) is 10.4. The van der Waals surface area contributed by atoms with Crippen molar-refractivity contribution in [3.8, 4) is 0 Å². The van der Waals surface area contributed by atoms with Crippen LogP contribution in [0, 0.1) is 11.6 Å². The smallest absolute Gasteiger partial charge is 0.857 e. The minimum absolute atomic E-state index is 0. The Morgan fingerprint density at radius 3 is 1.35 bits per heavy atom. The monoisotopic (exact) mass is 542 g/mol. The molecular weight excluding hydrogens is 525 g/mol. The van der Waals surface area contributed by atoms with Gasteiger partial charge in [0, 0.05) is 36.6 Å². The molecule has 0 saturated heterocycles. The van der Waals surface area contributed by atoms with Gasteiger partial charge in [-0.05, 0) is 70.8 Å². The fourth-order valence-corrected chi connectivity index (χ4v) is 2.57. The van der Waals surface area contributed by atoms with E-state index in [-0.39, 0.29) is 28.1 Å². The van der Waals surface area contributed by atoms with Crippen LogP contribution in [0.5, 0.6) is 0 Å². The van der Waals surface area contributed by atoms with Crippen molar-refractivity contribution in [1.82, 2.24) is 9.97 Å². The topological polar surface area (TPSA) is 121 Å². The van der Waals surface area contributed by atoms with Crippen LogP contribution < -0.4 is 10.2 Å². The van der Waals surface area contributed by atoms with Gasteiger partial charge in [-0.2, -0.15) is 20.4 Å². The van der Waals surface area contributed by atoms with E-state index < -0.39 is 11.8 Å². The summed E-state index contributed by atoms with van der Waals surface area (Å²) in [5.74, 6) is -1.66. The number of halogens is 2. The van der Waals surface area contributed by atoms with Crippen molar-refractivity contribution in [2.75, 3.05) is 0 Å². The van der Waals surface area contributed by atoms with Gasteiger partial charge in [0.25, 0.3) is 0 Å². The molecule has 2 aromatic heterocycles. The zero-order valence-electron chi connectivity index (χ0n) is 19.0. The van der Waals surface area contributed by atoms with E-state index in [9.17, 15) is 19.0 Å². The first-order chi connectivity index (χ1) is 17.5. The van der Waals surface area contributed by atoms with Gasteiger partial charge < -0.3 is 10.2 Å². The van der Waals surface area contributed by atoms with E-state index in [1.807, 2.05) is 0 Å². The molecule has 4 aromatic rings. The second-order valence-corrected chi connectivity index (χ2v) is 6.88. The second-order valence-electron chi connectivity index (χ2n) is 6.88. The molecule has 0 N–H and O–H groups in total. The van der Waals surface area contributed by atoms with Crippen LogP contribution in [0.2, 0.25) is 0 Å². The molecule has 0 atom stereocenters. The van der Waals surface area contributed by atoms with Crippen LogP contribution >= 0.6 is 0 Å². The third-order valence-corrected chi connectivity index (χ3v) is 4.26. The molecule has 0 aliphatic heterocycles. The van der Waals surface area contributed by atoms with E-state index in [1.54, 1.807) is 48.5 Å². The maximum absolute atomic E-state index is 12.9. The predicted molar refractivity (Wildman–Crippen MR) is 130 cm³/mol. The van der Waals surface area contributed by atoms with Crippen molar-refractivity contribution < 1.29 is 35.5 Å². The van der Waals surface area contributed by atoms with E-state index in [0.29, 0.717) is 22.3 Å². The summed E-state index contributed by atoms with van der Waals surface area (Å²) in [6.07, 6.45) is 8.64. The van der Waals surface area contributed by atoms with Crippen LogP contribution in [0.1, 0.15) is 22.3 Å². The van der Waals surface area contributed by atoms with Gasteiger partial charge in [0.05, 0.1) is 12.4 Å². The number of pyridine rings is 2. The Kier molecular flexibility index (Phi) is 11.9. The molecular formula is C26H18F2N6NiO2. The van der Waals surface area contributed by atoms with E-state index in [4.69, 9.17) is 0 Å². The molecule has 2 heterocycles. The van der Waals surface area contributed by atoms with Crippen LogP contribution in [0.25, 0.3) is 0 Å². The summed E-state index contributed by atoms with van der Waals surface area (Å²) in [6.45, 7) is 0. The van der Waals surface area contributed by atoms with Crippen molar-refractivity contribution >= 4 is 24.2 Å². The van der Waals surface area contributed by atoms with Crippen LogP contribution in [0.15, 0.2) is 118 Å². The summed E-state index contributed by atoms with van der Waals surface area (Å²) in [4.78, 5) is 7.58. The minimum Gasteiger partial charge on any atom is -0.857 e. The van der Waals surface area contributed by atoms with Crippen LogP contribution in [0.3, 0.4) is 0 Å². The van der Waals surface area contributed by atoms with Crippen LogP contribution in [0.4, 0.5) is 8.78 Å². The average Bonchev–Trinajstić information content (AvgIpc) is 2.90. The van der Waals surface area contributed by atoms with Crippen molar-refractivity contribution in [3.05, 3.63) is 131 Å². The van der Waals surface area contributed by atoms with Crippen molar-refractivity contribution in [1.29, 1.82) is 0 Å². The molecule has 4 rings (SSSR count). The Morgan fingerprint density at radius 1 is 0.622 bits per heavy atom. The Labute approximate surface area is 221 Å². The number of hydrogen-bond donors (Lipinski definition) is 0. The molecule has 0 saturated carbocycles. The quantitative estimate of drug-likeness (QED) is 0.161. The average molecular weight is 543 g/mol. The molecule has 0 aliphatic rings. The summed E-state index contributed by atoms with van der Waals surface area (Å²) in [6, 6.07) is 17.9. The maximum atomic E-state index is 12.9. The molecule has 37 heavy (non-hydrogen) atoms. The molecule has 2 aromatic carbocycles. The Hall–Kier alpha value is -4.63. The first kappa shape index (κ1) is 28.6. The summed E-state index contributed by atoms with van der Waals surface area (Å²) >= 11 is 0. The number of benzene rings is 2. The molecule has 0 radical (unpaired) electrons. The van der Waals surface area contributed by atoms with E-state index >= 15 is 0 Å². The maximum Gasteiger partial charge on any atom is 2.00 e. The molecule has 0 spiro atoms. The van der Waals surface area contributed by atoms with E-state index in [2.05, 4.69) is 30.4 Å². The van der Waals surface area contributed by atoms with Gasteiger partial charge in [0.15, 0.2) is 0 Å².